The molecule has 1 atom stereocenters. The van der Waals surface area contributed by atoms with E-state index in [1.165, 1.54) is 17.0 Å². The number of rotatable bonds is 12. The number of benzene rings is 3. The minimum absolute atomic E-state index is 0.0551. The van der Waals surface area contributed by atoms with Crippen LogP contribution in [0.5, 0.6) is 0 Å². The SMILES string of the molecule is CC[C@H](C(=O)NCC(C)C)N(Cc1cccc(C)c1)C(=O)CN(c1ccc(C)c(Cl)c1)S(=O)(=O)c1ccc(C)cc1. The fraction of sp³-hybridized carbons (Fsp3) is 0.375. The first-order valence-electron chi connectivity index (χ1n) is 13.8. The van der Waals surface area contributed by atoms with Gasteiger partial charge >= 0.3 is 0 Å². The van der Waals surface area contributed by atoms with E-state index in [1.54, 1.807) is 30.3 Å². The van der Waals surface area contributed by atoms with Crippen molar-refractivity contribution in [3.63, 3.8) is 0 Å². The molecular formula is C32H40ClN3O4S. The number of anilines is 1. The van der Waals surface area contributed by atoms with Gasteiger partial charge in [-0.25, -0.2) is 8.42 Å². The number of aryl methyl sites for hydroxylation is 3. The van der Waals surface area contributed by atoms with Crippen molar-refractivity contribution < 1.29 is 18.0 Å². The molecule has 7 nitrogen and oxygen atoms in total. The number of carbonyl (C=O) groups is 2. The molecule has 0 aromatic heterocycles. The van der Waals surface area contributed by atoms with Crippen molar-refractivity contribution in [1.82, 2.24) is 10.2 Å². The quantitative estimate of drug-likeness (QED) is 0.276. The van der Waals surface area contributed by atoms with E-state index in [0.717, 1.165) is 26.6 Å². The first kappa shape index (κ1) is 32.2. The minimum Gasteiger partial charge on any atom is -0.354 e. The Bertz CT molecular complexity index is 1470. The van der Waals surface area contributed by atoms with Crippen molar-refractivity contribution in [2.45, 2.75) is 65.4 Å². The van der Waals surface area contributed by atoms with E-state index in [1.807, 2.05) is 65.8 Å². The van der Waals surface area contributed by atoms with Crippen molar-refractivity contribution in [3.8, 4) is 0 Å². The van der Waals surface area contributed by atoms with E-state index < -0.39 is 28.5 Å². The number of amides is 2. The number of sulfonamides is 1. The Kier molecular flexibility index (Phi) is 11.0. The molecule has 0 bridgehead atoms. The van der Waals surface area contributed by atoms with Crippen LogP contribution in [0.2, 0.25) is 5.02 Å². The summed E-state index contributed by atoms with van der Waals surface area (Å²) in [7, 11) is -4.16. The van der Waals surface area contributed by atoms with Gasteiger partial charge in [-0.05, 0) is 68.5 Å². The highest BCUT2D eigenvalue weighted by molar-refractivity contribution is 7.92. The standard InChI is InChI=1S/C32H40ClN3O4S/c1-7-30(32(38)34-19-22(2)3)35(20-26-10-8-9-24(5)17-26)31(37)21-36(27-14-13-25(6)29(33)18-27)41(39,40)28-15-11-23(4)12-16-28/h8-18,22,30H,7,19-21H2,1-6H3,(H,34,38)/t30-/m1/s1. The minimum atomic E-state index is -4.16. The second kappa shape index (κ2) is 14.0. The number of halogens is 1. The number of nitrogens with zero attached hydrogens (tertiary/aromatic N) is 2. The highest BCUT2D eigenvalue weighted by atomic mass is 35.5. The zero-order valence-electron chi connectivity index (χ0n) is 24.6. The van der Waals surface area contributed by atoms with Gasteiger partial charge < -0.3 is 10.2 Å². The number of hydrogen-bond acceptors (Lipinski definition) is 4. The molecule has 0 saturated heterocycles. The molecule has 0 aliphatic heterocycles. The third-order valence-electron chi connectivity index (χ3n) is 6.84. The maximum Gasteiger partial charge on any atom is 0.264 e. The van der Waals surface area contributed by atoms with Crippen LogP contribution in [0.4, 0.5) is 5.69 Å². The van der Waals surface area contributed by atoms with E-state index in [4.69, 9.17) is 11.6 Å². The summed E-state index contributed by atoms with van der Waals surface area (Å²) in [5.74, 6) is -0.530. The van der Waals surface area contributed by atoms with Crippen LogP contribution in [0.1, 0.15) is 49.4 Å². The monoisotopic (exact) mass is 597 g/mol. The Hall–Kier alpha value is -3.36. The molecule has 2 amide bonds. The fourth-order valence-corrected chi connectivity index (χ4v) is 6.03. The molecule has 0 aliphatic carbocycles. The van der Waals surface area contributed by atoms with E-state index in [-0.39, 0.29) is 29.0 Å². The molecule has 0 aliphatic rings. The molecule has 220 valence electrons. The van der Waals surface area contributed by atoms with Gasteiger partial charge in [0.05, 0.1) is 10.6 Å². The van der Waals surface area contributed by atoms with Crippen molar-refractivity contribution >= 4 is 39.1 Å². The molecule has 0 heterocycles. The zero-order valence-corrected chi connectivity index (χ0v) is 26.2. The Morgan fingerprint density at radius 1 is 0.927 bits per heavy atom. The van der Waals surface area contributed by atoms with Crippen LogP contribution in [-0.2, 0) is 26.2 Å². The third-order valence-corrected chi connectivity index (χ3v) is 9.03. The Morgan fingerprint density at radius 3 is 2.20 bits per heavy atom. The lowest BCUT2D eigenvalue weighted by atomic mass is 10.1. The highest BCUT2D eigenvalue weighted by Gasteiger charge is 2.34. The smallest absolute Gasteiger partial charge is 0.264 e. The van der Waals surface area contributed by atoms with Crippen molar-refractivity contribution in [2.75, 3.05) is 17.4 Å². The molecule has 0 saturated carbocycles. The van der Waals surface area contributed by atoms with Gasteiger partial charge in [0.15, 0.2) is 0 Å². The van der Waals surface area contributed by atoms with E-state index in [2.05, 4.69) is 5.32 Å². The Balaban J connectivity index is 2.07. The molecule has 41 heavy (non-hydrogen) atoms. The molecule has 0 radical (unpaired) electrons. The van der Waals surface area contributed by atoms with Crippen LogP contribution in [0, 0.1) is 26.7 Å². The topological polar surface area (TPSA) is 86.8 Å². The van der Waals surface area contributed by atoms with Gasteiger partial charge in [-0.15, -0.1) is 0 Å². The second-order valence-electron chi connectivity index (χ2n) is 10.8. The van der Waals surface area contributed by atoms with Crippen LogP contribution in [-0.4, -0.2) is 44.3 Å². The van der Waals surface area contributed by atoms with Gasteiger partial charge in [-0.1, -0.05) is 86.0 Å². The summed E-state index contributed by atoms with van der Waals surface area (Å²) in [5, 5.41) is 3.33. The average molecular weight is 598 g/mol. The van der Waals surface area contributed by atoms with Gasteiger partial charge in [0.1, 0.15) is 12.6 Å². The first-order valence-corrected chi connectivity index (χ1v) is 15.6. The zero-order chi connectivity index (χ0) is 30.3. The van der Waals surface area contributed by atoms with Gasteiger partial charge in [-0.2, -0.15) is 0 Å². The highest BCUT2D eigenvalue weighted by Crippen LogP contribution is 2.29. The number of nitrogens with one attached hydrogen (secondary N) is 1. The molecule has 3 aromatic carbocycles. The summed E-state index contributed by atoms with van der Waals surface area (Å²) in [4.78, 5) is 29.0. The molecule has 0 fully saturated rings. The molecule has 0 spiro atoms. The average Bonchev–Trinajstić information content (AvgIpc) is 2.92. The predicted molar refractivity (Wildman–Crippen MR) is 166 cm³/mol. The van der Waals surface area contributed by atoms with E-state index in [9.17, 15) is 18.0 Å². The Labute approximate surface area is 249 Å². The molecule has 9 heteroatoms. The fourth-order valence-electron chi connectivity index (χ4n) is 4.45. The summed E-state index contributed by atoms with van der Waals surface area (Å²) in [6.07, 6.45) is 0.364. The maximum absolute atomic E-state index is 14.1. The third kappa shape index (κ3) is 8.33. The molecule has 3 aromatic rings. The van der Waals surface area contributed by atoms with Gasteiger partial charge in [0.2, 0.25) is 11.8 Å². The van der Waals surface area contributed by atoms with Crippen molar-refractivity contribution in [3.05, 3.63) is 94.0 Å². The first-order chi connectivity index (χ1) is 19.3. The summed E-state index contributed by atoms with van der Waals surface area (Å²) in [6, 6.07) is 18.3. The molecule has 1 N–H and O–H groups in total. The normalized spacial score (nSPS) is 12.2. The molecule has 0 unspecified atom stereocenters. The predicted octanol–water partition coefficient (Wildman–Crippen LogP) is 6.04. The van der Waals surface area contributed by atoms with Crippen molar-refractivity contribution in [2.24, 2.45) is 5.92 Å². The number of carbonyl (C=O) groups excluding carboxylic acids is 2. The number of hydrogen-bond donors (Lipinski definition) is 1. The Morgan fingerprint density at radius 2 is 1.61 bits per heavy atom. The maximum atomic E-state index is 14.1. The second-order valence-corrected chi connectivity index (χ2v) is 13.1. The molecule has 3 rings (SSSR count). The summed E-state index contributed by atoms with van der Waals surface area (Å²) < 4.78 is 29.0. The lowest BCUT2D eigenvalue weighted by Crippen LogP contribution is -2.52. The van der Waals surface area contributed by atoms with Gasteiger partial charge in [0, 0.05) is 18.1 Å². The van der Waals surface area contributed by atoms with Crippen LogP contribution >= 0.6 is 11.6 Å². The van der Waals surface area contributed by atoms with Crippen LogP contribution in [0.3, 0.4) is 0 Å². The summed E-state index contributed by atoms with van der Waals surface area (Å²) >= 11 is 6.40. The van der Waals surface area contributed by atoms with Crippen molar-refractivity contribution in [1.29, 1.82) is 0 Å². The largest absolute Gasteiger partial charge is 0.354 e. The van der Waals surface area contributed by atoms with Gasteiger partial charge in [-0.3, -0.25) is 13.9 Å². The molecular weight excluding hydrogens is 558 g/mol. The van der Waals surface area contributed by atoms with Crippen LogP contribution in [0.15, 0.2) is 71.6 Å². The van der Waals surface area contributed by atoms with Crippen LogP contribution in [0.25, 0.3) is 0 Å². The van der Waals surface area contributed by atoms with E-state index in [0.29, 0.717) is 18.0 Å². The lowest BCUT2D eigenvalue weighted by Gasteiger charge is -2.33. The lowest BCUT2D eigenvalue weighted by molar-refractivity contribution is -0.140. The summed E-state index contributed by atoms with van der Waals surface area (Å²) in [5.41, 5.74) is 3.82. The van der Waals surface area contributed by atoms with Crippen LogP contribution < -0.4 is 9.62 Å². The summed E-state index contributed by atoms with van der Waals surface area (Å²) in [6.45, 7) is 11.6. The van der Waals surface area contributed by atoms with Gasteiger partial charge in [0.25, 0.3) is 10.0 Å². The van der Waals surface area contributed by atoms with E-state index >= 15 is 0 Å².